The van der Waals surface area contributed by atoms with Gasteiger partial charge in [0.2, 0.25) is 0 Å². The van der Waals surface area contributed by atoms with E-state index in [1.807, 2.05) is 0 Å². The second-order valence-corrected chi connectivity index (χ2v) is 4.67. The van der Waals surface area contributed by atoms with Crippen LogP contribution in [0.25, 0.3) is 0 Å². The Morgan fingerprint density at radius 3 is 2.29 bits per heavy atom. The maximum Gasteiger partial charge on any atom is 0.0449 e. The molecule has 0 heterocycles. The second-order valence-electron chi connectivity index (χ2n) is 3.59. The van der Waals surface area contributed by atoms with E-state index >= 15 is 0 Å². The van der Waals surface area contributed by atoms with Gasteiger partial charge in [-0.3, -0.25) is 0 Å². The second kappa shape index (κ2) is 5.09. The molecule has 0 aliphatic carbocycles. The fourth-order valence-corrected chi connectivity index (χ4v) is 1.81. The molecular formula is C11H16INO. The minimum absolute atomic E-state index is 0.0469. The van der Waals surface area contributed by atoms with E-state index < -0.39 is 0 Å². The van der Waals surface area contributed by atoms with Gasteiger partial charge in [-0.05, 0) is 59.5 Å². The highest BCUT2D eigenvalue weighted by Gasteiger charge is 2.08. The lowest BCUT2D eigenvalue weighted by Crippen LogP contribution is -2.12. The van der Waals surface area contributed by atoms with Crippen molar-refractivity contribution < 1.29 is 5.11 Å². The maximum absolute atomic E-state index is 8.81. The van der Waals surface area contributed by atoms with Gasteiger partial charge >= 0.3 is 0 Å². The third-order valence-electron chi connectivity index (χ3n) is 2.33. The zero-order chi connectivity index (χ0) is 10.7. The number of benzene rings is 1. The molecule has 1 rings (SSSR count). The SMILES string of the molecule is Cc1cc([C@H](N)CCO)cc(C)c1I. The molecular weight excluding hydrogens is 289 g/mol. The zero-order valence-electron chi connectivity index (χ0n) is 8.55. The number of hydrogen-bond donors (Lipinski definition) is 2. The fourth-order valence-electron chi connectivity index (χ4n) is 1.50. The van der Waals surface area contributed by atoms with Crippen molar-refractivity contribution in [2.24, 2.45) is 5.73 Å². The van der Waals surface area contributed by atoms with Gasteiger partial charge in [0, 0.05) is 16.2 Å². The van der Waals surface area contributed by atoms with Crippen LogP contribution >= 0.6 is 22.6 Å². The van der Waals surface area contributed by atoms with Crippen LogP contribution in [0.15, 0.2) is 12.1 Å². The predicted molar refractivity (Wildman–Crippen MR) is 67.3 cm³/mol. The van der Waals surface area contributed by atoms with Crippen molar-refractivity contribution >= 4 is 22.6 Å². The summed E-state index contributed by atoms with van der Waals surface area (Å²) in [5, 5.41) is 8.81. The van der Waals surface area contributed by atoms with Crippen LogP contribution in [-0.2, 0) is 0 Å². The normalized spacial score (nSPS) is 12.9. The largest absolute Gasteiger partial charge is 0.396 e. The third kappa shape index (κ3) is 2.68. The third-order valence-corrected chi connectivity index (χ3v) is 4.03. The molecule has 0 aliphatic heterocycles. The molecule has 1 aromatic rings. The van der Waals surface area contributed by atoms with Crippen LogP contribution in [0.1, 0.15) is 29.2 Å². The summed E-state index contributed by atoms with van der Waals surface area (Å²) in [4.78, 5) is 0. The lowest BCUT2D eigenvalue weighted by atomic mass is 10.0. The number of aliphatic hydroxyl groups is 1. The molecule has 78 valence electrons. The molecule has 2 nitrogen and oxygen atoms in total. The van der Waals surface area contributed by atoms with Crippen molar-refractivity contribution in [3.05, 3.63) is 32.4 Å². The van der Waals surface area contributed by atoms with Crippen LogP contribution in [0, 0.1) is 17.4 Å². The highest BCUT2D eigenvalue weighted by molar-refractivity contribution is 14.1. The number of halogens is 1. The first-order valence-electron chi connectivity index (χ1n) is 4.69. The predicted octanol–water partition coefficient (Wildman–Crippen LogP) is 2.29. The van der Waals surface area contributed by atoms with Gasteiger partial charge in [-0.25, -0.2) is 0 Å². The van der Waals surface area contributed by atoms with Gasteiger partial charge in [0.25, 0.3) is 0 Å². The zero-order valence-corrected chi connectivity index (χ0v) is 10.7. The molecule has 0 aromatic heterocycles. The molecule has 0 radical (unpaired) electrons. The Morgan fingerprint density at radius 1 is 1.36 bits per heavy atom. The minimum Gasteiger partial charge on any atom is -0.396 e. The van der Waals surface area contributed by atoms with Crippen molar-refractivity contribution in [2.75, 3.05) is 6.61 Å². The van der Waals surface area contributed by atoms with E-state index in [0.717, 1.165) is 5.56 Å². The van der Waals surface area contributed by atoms with Crippen LogP contribution in [0.3, 0.4) is 0 Å². The Kier molecular flexibility index (Phi) is 4.34. The summed E-state index contributed by atoms with van der Waals surface area (Å²) in [6.07, 6.45) is 0.624. The quantitative estimate of drug-likeness (QED) is 0.842. The van der Waals surface area contributed by atoms with Gasteiger partial charge in [-0.2, -0.15) is 0 Å². The molecule has 0 saturated carbocycles. The van der Waals surface area contributed by atoms with Crippen molar-refractivity contribution in [3.63, 3.8) is 0 Å². The fraction of sp³-hybridized carbons (Fsp3) is 0.455. The van der Waals surface area contributed by atoms with E-state index in [-0.39, 0.29) is 12.6 Å². The molecule has 0 fully saturated rings. The number of rotatable bonds is 3. The number of nitrogens with two attached hydrogens (primary N) is 1. The smallest absolute Gasteiger partial charge is 0.0449 e. The average molecular weight is 305 g/mol. The Labute approximate surface area is 98.7 Å². The lowest BCUT2D eigenvalue weighted by Gasteiger charge is -2.13. The molecule has 1 atom stereocenters. The van der Waals surface area contributed by atoms with Crippen LogP contribution < -0.4 is 5.73 Å². The monoisotopic (exact) mass is 305 g/mol. The summed E-state index contributed by atoms with van der Waals surface area (Å²) in [6, 6.07) is 4.17. The standard InChI is InChI=1S/C11H16INO/c1-7-5-9(10(13)3-4-14)6-8(2)11(7)12/h5-6,10,14H,3-4,13H2,1-2H3/t10-/m1/s1. The number of aliphatic hydroxyl groups excluding tert-OH is 1. The van der Waals surface area contributed by atoms with E-state index in [2.05, 4.69) is 48.6 Å². The van der Waals surface area contributed by atoms with Crippen molar-refractivity contribution in [1.29, 1.82) is 0 Å². The van der Waals surface area contributed by atoms with Gasteiger partial charge < -0.3 is 10.8 Å². The Hall–Kier alpha value is -0.130. The first-order valence-corrected chi connectivity index (χ1v) is 5.77. The molecule has 14 heavy (non-hydrogen) atoms. The van der Waals surface area contributed by atoms with Crippen molar-refractivity contribution in [2.45, 2.75) is 26.3 Å². The van der Waals surface area contributed by atoms with E-state index in [1.54, 1.807) is 0 Å². The highest BCUT2D eigenvalue weighted by atomic mass is 127. The van der Waals surface area contributed by atoms with Crippen LogP contribution in [0.4, 0.5) is 0 Å². The molecule has 0 saturated heterocycles. The summed E-state index contributed by atoms with van der Waals surface area (Å²) >= 11 is 2.34. The maximum atomic E-state index is 8.81. The summed E-state index contributed by atoms with van der Waals surface area (Å²) in [5.41, 5.74) is 9.57. The topological polar surface area (TPSA) is 46.2 Å². The first kappa shape index (κ1) is 11.9. The minimum atomic E-state index is -0.0469. The van der Waals surface area contributed by atoms with Crippen LogP contribution in [-0.4, -0.2) is 11.7 Å². The number of hydrogen-bond acceptors (Lipinski definition) is 2. The summed E-state index contributed by atoms with van der Waals surface area (Å²) in [6.45, 7) is 4.32. The number of aryl methyl sites for hydroxylation is 2. The molecule has 0 unspecified atom stereocenters. The van der Waals surface area contributed by atoms with Gasteiger partial charge in [0.15, 0.2) is 0 Å². The lowest BCUT2D eigenvalue weighted by molar-refractivity contribution is 0.276. The Balaban J connectivity index is 3.00. The molecule has 0 aliphatic rings. The highest BCUT2D eigenvalue weighted by Crippen LogP contribution is 2.22. The molecule has 0 amide bonds. The van der Waals surface area contributed by atoms with Crippen LogP contribution in [0.2, 0.25) is 0 Å². The molecule has 3 N–H and O–H groups in total. The average Bonchev–Trinajstić information content (AvgIpc) is 2.13. The molecule has 1 aromatic carbocycles. The van der Waals surface area contributed by atoms with E-state index in [9.17, 15) is 0 Å². The van der Waals surface area contributed by atoms with Gasteiger partial charge in [-0.1, -0.05) is 12.1 Å². The van der Waals surface area contributed by atoms with Gasteiger partial charge in [0.05, 0.1) is 0 Å². The van der Waals surface area contributed by atoms with Crippen molar-refractivity contribution in [1.82, 2.24) is 0 Å². The van der Waals surface area contributed by atoms with E-state index in [0.29, 0.717) is 6.42 Å². The Bertz CT molecular complexity index is 302. The summed E-state index contributed by atoms with van der Waals surface area (Å²) in [5.74, 6) is 0. The van der Waals surface area contributed by atoms with Crippen molar-refractivity contribution in [3.8, 4) is 0 Å². The van der Waals surface area contributed by atoms with Gasteiger partial charge in [0.1, 0.15) is 0 Å². The Morgan fingerprint density at radius 2 is 1.86 bits per heavy atom. The summed E-state index contributed by atoms with van der Waals surface area (Å²) in [7, 11) is 0. The first-order chi connectivity index (χ1) is 6.56. The molecule has 3 heteroatoms. The van der Waals surface area contributed by atoms with Crippen LogP contribution in [0.5, 0.6) is 0 Å². The van der Waals surface area contributed by atoms with Gasteiger partial charge in [-0.15, -0.1) is 0 Å². The molecule has 0 spiro atoms. The van der Waals surface area contributed by atoms with E-state index in [1.165, 1.54) is 14.7 Å². The molecule has 0 bridgehead atoms. The van der Waals surface area contributed by atoms with E-state index in [4.69, 9.17) is 10.8 Å². The summed E-state index contributed by atoms with van der Waals surface area (Å²) < 4.78 is 1.29.